The minimum Gasteiger partial charge on any atom is -0.360 e. The van der Waals surface area contributed by atoms with Gasteiger partial charge >= 0.3 is 0 Å². The van der Waals surface area contributed by atoms with Crippen molar-refractivity contribution in [3.05, 3.63) is 59.7 Å². The summed E-state index contributed by atoms with van der Waals surface area (Å²) in [6.45, 7) is 2.80. The summed E-state index contributed by atoms with van der Waals surface area (Å²) >= 11 is 0. The summed E-state index contributed by atoms with van der Waals surface area (Å²) in [6, 6.07) is 17.1. The number of carbonyl (C=O) groups is 1. The van der Waals surface area contributed by atoms with E-state index in [0.717, 1.165) is 25.1 Å². The number of nitriles is 1. The number of anilines is 2. The lowest BCUT2D eigenvalue weighted by Gasteiger charge is -2.35. The standard InChI is InChI=1S/C19H19N3O/c1-14(19(23)21-17-9-4-6-15(12-17)13-20)22-11-5-8-16-7-2-3-10-18(16)22/h2-4,6-7,9-10,12,14H,5,8,11H2,1H3,(H,21,23)/t14-/m1/s1. The maximum absolute atomic E-state index is 12.6. The van der Waals surface area contributed by atoms with Gasteiger partial charge in [0.1, 0.15) is 6.04 Å². The van der Waals surface area contributed by atoms with Crippen molar-refractivity contribution in [2.75, 3.05) is 16.8 Å². The van der Waals surface area contributed by atoms with Crippen molar-refractivity contribution in [2.24, 2.45) is 0 Å². The molecule has 1 heterocycles. The van der Waals surface area contributed by atoms with Crippen LogP contribution >= 0.6 is 0 Å². The fraction of sp³-hybridized carbons (Fsp3) is 0.263. The van der Waals surface area contributed by atoms with E-state index in [9.17, 15) is 4.79 Å². The number of amides is 1. The van der Waals surface area contributed by atoms with E-state index >= 15 is 0 Å². The number of para-hydroxylation sites is 1. The summed E-state index contributed by atoms with van der Waals surface area (Å²) in [7, 11) is 0. The molecule has 0 spiro atoms. The van der Waals surface area contributed by atoms with Crippen molar-refractivity contribution >= 4 is 17.3 Å². The van der Waals surface area contributed by atoms with Gasteiger partial charge in [-0.15, -0.1) is 0 Å². The molecule has 0 saturated heterocycles. The lowest BCUT2D eigenvalue weighted by Crippen LogP contribution is -2.44. The lowest BCUT2D eigenvalue weighted by atomic mass is 10.00. The van der Waals surface area contributed by atoms with Crippen molar-refractivity contribution in [2.45, 2.75) is 25.8 Å². The average molecular weight is 305 g/mol. The number of hydrogen-bond donors (Lipinski definition) is 1. The summed E-state index contributed by atoms with van der Waals surface area (Å²) in [4.78, 5) is 14.7. The van der Waals surface area contributed by atoms with Crippen LogP contribution in [0.1, 0.15) is 24.5 Å². The number of benzene rings is 2. The highest BCUT2D eigenvalue weighted by molar-refractivity contribution is 5.97. The largest absolute Gasteiger partial charge is 0.360 e. The van der Waals surface area contributed by atoms with Gasteiger partial charge < -0.3 is 10.2 Å². The van der Waals surface area contributed by atoms with Crippen LogP contribution in [0.3, 0.4) is 0 Å². The predicted octanol–water partition coefficient (Wildman–Crippen LogP) is 3.34. The quantitative estimate of drug-likeness (QED) is 0.946. The molecule has 1 amide bonds. The molecule has 3 rings (SSSR count). The molecular weight excluding hydrogens is 286 g/mol. The number of carbonyl (C=O) groups excluding carboxylic acids is 1. The molecular formula is C19H19N3O. The van der Waals surface area contributed by atoms with Gasteiger partial charge in [0, 0.05) is 17.9 Å². The Morgan fingerprint density at radius 3 is 2.91 bits per heavy atom. The first-order valence-corrected chi connectivity index (χ1v) is 7.84. The highest BCUT2D eigenvalue weighted by Gasteiger charge is 2.25. The van der Waals surface area contributed by atoms with Crippen LogP contribution in [0, 0.1) is 11.3 Å². The van der Waals surface area contributed by atoms with E-state index in [2.05, 4.69) is 28.4 Å². The van der Waals surface area contributed by atoms with Crippen LogP contribution in [0.4, 0.5) is 11.4 Å². The highest BCUT2D eigenvalue weighted by Crippen LogP contribution is 2.28. The Morgan fingerprint density at radius 1 is 1.26 bits per heavy atom. The molecule has 0 saturated carbocycles. The fourth-order valence-electron chi connectivity index (χ4n) is 3.02. The van der Waals surface area contributed by atoms with E-state index in [1.165, 1.54) is 5.56 Å². The summed E-state index contributed by atoms with van der Waals surface area (Å²) in [6.07, 6.45) is 2.11. The Bertz CT molecular complexity index is 763. The monoisotopic (exact) mass is 305 g/mol. The first-order valence-electron chi connectivity index (χ1n) is 7.84. The van der Waals surface area contributed by atoms with Crippen LogP contribution in [0.15, 0.2) is 48.5 Å². The van der Waals surface area contributed by atoms with E-state index in [4.69, 9.17) is 5.26 Å². The third kappa shape index (κ3) is 3.19. The van der Waals surface area contributed by atoms with Gasteiger partial charge in [-0.1, -0.05) is 24.3 Å². The zero-order chi connectivity index (χ0) is 16.2. The molecule has 23 heavy (non-hydrogen) atoms. The molecule has 0 aliphatic carbocycles. The van der Waals surface area contributed by atoms with Gasteiger partial charge in [0.15, 0.2) is 0 Å². The third-order valence-corrected chi connectivity index (χ3v) is 4.25. The summed E-state index contributed by atoms with van der Waals surface area (Å²) in [5.41, 5.74) is 3.64. The molecule has 2 aromatic rings. The van der Waals surface area contributed by atoms with Crippen molar-refractivity contribution < 1.29 is 4.79 Å². The number of hydrogen-bond acceptors (Lipinski definition) is 3. The number of nitrogens with one attached hydrogen (secondary N) is 1. The highest BCUT2D eigenvalue weighted by atomic mass is 16.2. The van der Waals surface area contributed by atoms with Crippen LogP contribution in [0.2, 0.25) is 0 Å². The molecule has 4 heteroatoms. The van der Waals surface area contributed by atoms with Gasteiger partial charge in [0.25, 0.3) is 0 Å². The maximum Gasteiger partial charge on any atom is 0.246 e. The van der Waals surface area contributed by atoms with Crippen molar-refractivity contribution in [3.8, 4) is 6.07 Å². The molecule has 0 fully saturated rings. The fourth-order valence-corrected chi connectivity index (χ4v) is 3.02. The van der Waals surface area contributed by atoms with E-state index < -0.39 is 0 Å². The normalized spacial score (nSPS) is 14.5. The molecule has 1 N–H and O–H groups in total. The zero-order valence-electron chi connectivity index (χ0n) is 13.1. The minimum atomic E-state index is -0.262. The van der Waals surface area contributed by atoms with Crippen LogP contribution < -0.4 is 10.2 Å². The first kappa shape index (κ1) is 15.1. The van der Waals surface area contributed by atoms with Gasteiger partial charge in [0.2, 0.25) is 5.91 Å². The van der Waals surface area contributed by atoms with Gasteiger partial charge in [-0.2, -0.15) is 5.26 Å². The Hall–Kier alpha value is -2.80. The molecule has 0 bridgehead atoms. The van der Waals surface area contributed by atoms with Crippen LogP contribution in [-0.4, -0.2) is 18.5 Å². The SMILES string of the molecule is C[C@H](C(=O)Nc1cccc(C#N)c1)N1CCCc2ccccc21. The van der Waals surface area contributed by atoms with E-state index in [1.54, 1.807) is 24.3 Å². The average Bonchev–Trinajstić information content (AvgIpc) is 2.60. The van der Waals surface area contributed by atoms with E-state index in [1.807, 2.05) is 19.1 Å². The summed E-state index contributed by atoms with van der Waals surface area (Å²) in [5, 5.41) is 11.9. The first-order chi connectivity index (χ1) is 11.2. The Labute approximate surface area is 136 Å². The second-order valence-corrected chi connectivity index (χ2v) is 5.78. The Balaban J connectivity index is 1.77. The summed E-state index contributed by atoms with van der Waals surface area (Å²) in [5.74, 6) is -0.0585. The van der Waals surface area contributed by atoms with Crippen LogP contribution in [0.25, 0.3) is 0 Å². The topological polar surface area (TPSA) is 56.1 Å². The maximum atomic E-state index is 12.6. The zero-order valence-corrected chi connectivity index (χ0v) is 13.1. The molecule has 0 aromatic heterocycles. The molecule has 4 nitrogen and oxygen atoms in total. The van der Waals surface area contributed by atoms with E-state index in [0.29, 0.717) is 11.3 Å². The molecule has 1 aliphatic rings. The molecule has 116 valence electrons. The van der Waals surface area contributed by atoms with Crippen molar-refractivity contribution in [1.82, 2.24) is 0 Å². The lowest BCUT2D eigenvalue weighted by molar-refractivity contribution is -0.117. The van der Waals surface area contributed by atoms with Gasteiger partial charge in [0.05, 0.1) is 11.6 Å². The number of aryl methyl sites for hydroxylation is 1. The second-order valence-electron chi connectivity index (χ2n) is 5.78. The molecule has 2 aromatic carbocycles. The number of rotatable bonds is 3. The van der Waals surface area contributed by atoms with Crippen LogP contribution in [-0.2, 0) is 11.2 Å². The van der Waals surface area contributed by atoms with Gasteiger partial charge in [-0.3, -0.25) is 4.79 Å². The summed E-state index contributed by atoms with van der Waals surface area (Å²) < 4.78 is 0. The Morgan fingerprint density at radius 2 is 2.09 bits per heavy atom. The van der Waals surface area contributed by atoms with Crippen molar-refractivity contribution in [3.63, 3.8) is 0 Å². The molecule has 1 atom stereocenters. The number of fused-ring (bicyclic) bond motifs is 1. The Kier molecular flexibility index (Phi) is 4.29. The van der Waals surface area contributed by atoms with Crippen molar-refractivity contribution in [1.29, 1.82) is 5.26 Å². The van der Waals surface area contributed by atoms with Crippen LogP contribution in [0.5, 0.6) is 0 Å². The smallest absolute Gasteiger partial charge is 0.246 e. The minimum absolute atomic E-state index is 0.0585. The molecule has 0 radical (unpaired) electrons. The molecule has 0 unspecified atom stereocenters. The predicted molar refractivity (Wildman–Crippen MR) is 91.4 cm³/mol. The van der Waals surface area contributed by atoms with Gasteiger partial charge in [-0.05, 0) is 49.6 Å². The van der Waals surface area contributed by atoms with E-state index in [-0.39, 0.29) is 11.9 Å². The second kappa shape index (κ2) is 6.53. The number of nitrogens with zero attached hydrogens (tertiary/aromatic N) is 2. The third-order valence-electron chi connectivity index (χ3n) is 4.25. The molecule has 1 aliphatic heterocycles. The van der Waals surface area contributed by atoms with Gasteiger partial charge in [-0.25, -0.2) is 0 Å².